The molecule has 0 radical (unpaired) electrons. The molecule has 3 nitrogen and oxygen atoms in total. The number of carbonyl (C=O) groups is 1. The van der Waals surface area contributed by atoms with Crippen LogP contribution in [-0.4, -0.2) is 31.3 Å². The van der Waals surface area contributed by atoms with Crippen molar-refractivity contribution in [2.45, 2.75) is 17.7 Å². The molecule has 0 aliphatic carbocycles. The predicted octanol–water partition coefficient (Wildman–Crippen LogP) is 2.68. The van der Waals surface area contributed by atoms with E-state index in [1.807, 2.05) is 11.8 Å². The first kappa shape index (κ1) is 14.0. The minimum absolute atomic E-state index is 0.111. The van der Waals surface area contributed by atoms with Gasteiger partial charge >= 0.3 is 0 Å². The SMILES string of the molecule is C=CCNC(=O)CCCN1CCSc2ccccc21. The van der Waals surface area contributed by atoms with Crippen molar-refractivity contribution in [2.75, 3.05) is 30.3 Å². The number of benzene rings is 1. The van der Waals surface area contributed by atoms with E-state index in [0.717, 1.165) is 25.3 Å². The molecule has 0 atom stereocenters. The second-order valence-corrected chi connectivity index (χ2v) is 5.64. The minimum Gasteiger partial charge on any atom is -0.370 e. The van der Waals surface area contributed by atoms with Crippen LogP contribution in [0.3, 0.4) is 0 Å². The van der Waals surface area contributed by atoms with Crippen LogP contribution < -0.4 is 10.2 Å². The van der Waals surface area contributed by atoms with Gasteiger partial charge in [0.2, 0.25) is 5.91 Å². The first-order valence-electron chi connectivity index (χ1n) is 6.65. The average molecular weight is 276 g/mol. The highest BCUT2D eigenvalue weighted by molar-refractivity contribution is 7.99. The zero-order chi connectivity index (χ0) is 13.5. The van der Waals surface area contributed by atoms with Crippen molar-refractivity contribution in [3.63, 3.8) is 0 Å². The summed E-state index contributed by atoms with van der Waals surface area (Å²) in [5, 5.41) is 2.81. The molecule has 1 heterocycles. The number of fused-ring (bicyclic) bond motifs is 1. The fourth-order valence-corrected chi connectivity index (χ4v) is 3.22. The lowest BCUT2D eigenvalue weighted by Crippen LogP contribution is -2.31. The van der Waals surface area contributed by atoms with Crippen molar-refractivity contribution in [3.8, 4) is 0 Å². The van der Waals surface area contributed by atoms with Crippen LogP contribution in [0, 0.1) is 0 Å². The van der Waals surface area contributed by atoms with Gasteiger partial charge in [0, 0.05) is 36.7 Å². The molecule has 1 aliphatic rings. The lowest BCUT2D eigenvalue weighted by Gasteiger charge is -2.30. The topological polar surface area (TPSA) is 32.3 Å². The molecule has 1 aromatic rings. The molecule has 2 rings (SSSR count). The number of carbonyl (C=O) groups excluding carboxylic acids is 1. The second-order valence-electron chi connectivity index (χ2n) is 4.50. The maximum absolute atomic E-state index is 11.5. The molecular weight excluding hydrogens is 256 g/mol. The normalized spacial score (nSPS) is 13.8. The Hall–Kier alpha value is -1.42. The van der Waals surface area contributed by atoms with Gasteiger partial charge in [-0.25, -0.2) is 0 Å². The maximum atomic E-state index is 11.5. The van der Waals surface area contributed by atoms with Gasteiger partial charge in [-0.1, -0.05) is 18.2 Å². The largest absolute Gasteiger partial charge is 0.370 e. The van der Waals surface area contributed by atoms with Crippen molar-refractivity contribution < 1.29 is 4.79 Å². The predicted molar refractivity (Wildman–Crippen MR) is 81.8 cm³/mol. The highest BCUT2D eigenvalue weighted by Crippen LogP contribution is 2.34. The molecule has 0 saturated heterocycles. The second kappa shape index (κ2) is 7.24. The van der Waals surface area contributed by atoms with E-state index in [1.165, 1.54) is 10.6 Å². The van der Waals surface area contributed by atoms with Crippen LogP contribution in [0.15, 0.2) is 41.8 Å². The van der Waals surface area contributed by atoms with Gasteiger partial charge < -0.3 is 10.2 Å². The van der Waals surface area contributed by atoms with Crippen molar-refractivity contribution in [1.82, 2.24) is 5.32 Å². The Morgan fingerprint density at radius 3 is 3.16 bits per heavy atom. The van der Waals surface area contributed by atoms with Gasteiger partial charge in [0.25, 0.3) is 0 Å². The van der Waals surface area contributed by atoms with E-state index >= 15 is 0 Å². The number of amides is 1. The van der Waals surface area contributed by atoms with Gasteiger partial charge in [0.15, 0.2) is 0 Å². The lowest BCUT2D eigenvalue weighted by atomic mass is 10.2. The number of hydrogen-bond donors (Lipinski definition) is 1. The van der Waals surface area contributed by atoms with Crippen LogP contribution in [0.5, 0.6) is 0 Å². The zero-order valence-corrected chi connectivity index (χ0v) is 11.9. The number of anilines is 1. The average Bonchev–Trinajstić information content (AvgIpc) is 2.45. The summed E-state index contributed by atoms with van der Waals surface area (Å²) in [6, 6.07) is 8.49. The Morgan fingerprint density at radius 1 is 1.47 bits per heavy atom. The number of rotatable bonds is 6. The third-order valence-electron chi connectivity index (χ3n) is 3.10. The molecule has 0 unspecified atom stereocenters. The summed E-state index contributed by atoms with van der Waals surface area (Å²) in [6.07, 6.45) is 3.18. The van der Waals surface area contributed by atoms with Crippen LogP contribution in [-0.2, 0) is 4.79 Å². The third kappa shape index (κ3) is 4.03. The van der Waals surface area contributed by atoms with Crippen molar-refractivity contribution in [3.05, 3.63) is 36.9 Å². The quantitative estimate of drug-likeness (QED) is 0.811. The maximum Gasteiger partial charge on any atom is 0.220 e. The van der Waals surface area contributed by atoms with Gasteiger partial charge in [-0.2, -0.15) is 0 Å². The van der Waals surface area contributed by atoms with Crippen LogP contribution in [0.25, 0.3) is 0 Å². The molecule has 1 aromatic carbocycles. The van der Waals surface area contributed by atoms with Crippen LogP contribution >= 0.6 is 11.8 Å². The molecule has 0 spiro atoms. The van der Waals surface area contributed by atoms with E-state index in [0.29, 0.717) is 13.0 Å². The molecule has 19 heavy (non-hydrogen) atoms. The summed E-state index contributed by atoms with van der Waals surface area (Å²) in [5.41, 5.74) is 1.31. The monoisotopic (exact) mass is 276 g/mol. The summed E-state index contributed by atoms with van der Waals surface area (Å²) in [5.74, 6) is 1.24. The summed E-state index contributed by atoms with van der Waals surface area (Å²) in [4.78, 5) is 15.2. The van der Waals surface area contributed by atoms with E-state index in [4.69, 9.17) is 0 Å². The fourth-order valence-electron chi connectivity index (χ4n) is 2.16. The number of nitrogens with one attached hydrogen (secondary N) is 1. The molecule has 0 saturated carbocycles. The first-order valence-corrected chi connectivity index (χ1v) is 7.64. The van der Waals surface area contributed by atoms with Gasteiger partial charge in [-0.3, -0.25) is 4.79 Å². The van der Waals surface area contributed by atoms with E-state index in [2.05, 4.69) is 41.1 Å². The Kier molecular flexibility index (Phi) is 5.33. The Bertz CT molecular complexity index is 448. The van der Waals surface area contributed by atoms with Gasteiger partial charge in [-0.05, 0) is 18.6 Å². The molecule has 4 heteroatoms. The Balaban J connectivity index is 1.81. The van der Waals surface area contributed by atoms with Crippen molar-refractivity contribution >= 4 is 23.4 Å². The zero-order valence-electron chi connectivity index (χ0n) is 11.1. The fraction of sp³-hybridized carbons (Fsp3) is 0.400. The lowest BCUT2D eigenvalue weighted by molar-refractivity contribution is -0.120. The molecule has 0 fully saturated rings. The summed E-state index contributed by atoms with van der Waals surface area (Å²) in [7, 11) is 0. The van der Waals surface area contributed by atoms with Crippen molar-refractivity contribution in [2.24, 2.45) is 0 Å². The number of thioether (sulfide) groups is 1. The first-order chi connectivity index (χ1) is 9.31. The smallest absolute Gasteiger partial charge is 0.220 e. The molecule has 0 aromatic heterocycles. The summed E-state index contributed by atoms with van der Waals surface area (Å²) < 4.78 is 0. The van der Waals surface area contributed by atoms with Crippen LogP contribution in [0.2, 0.25) is 0 Å². The van der Waals surface area contributed by atoms with E-state index in [-0.39, 0.29) is 5.91 Å². The molecule has 1 aliphatic heterocycles. The molecule has 1 N–H and O–H groups in total. The van der Waals surface area contributed by atoms with Crippen LogP contribution in [0.1, 0.15) is 12.8 Å². The van der Waals surface area contributed by atoms with Crippen molar-refractivity contribution in [1.29, 1.82) is 0 Å². The minimum atomic E-state index is 0.111. The van der Waals surface area contributed by atoms with E-state index in [1.54, 1.807) is 6.08 Å². The Morgan fingerprint density at radius 2 is 2.32 bits per heavy atom. The molecule has 102 valence electrons. The van der Waals surface area contributed by atoms with Gasteiger partial charge in [0.1, 0.15) is 0 Å². The number of nitrogens with zero attached hydrogens (tertiary/aromatic N) is 1. The van der Waals surface area contributed by atoms with E-state index < -0.39 is 0 Å². The number of para-hydroxylation sites is 1. The van der Waals surface area contributed by atoms with Gasteiger partial charge in [0.05, 0.1) is 5.69 Å². The number of hydrogen-bond acceptors (Lipinski definition) is 3. The van der Waals surface area contributed by atoms with Gasteiger partial charge in [-0.15, -0.1) is 18.3 Å². The molecular formula is C15H20N2OS. The Labute approximate surface area is 119 Å². The highest BCUT2D eigenvalue weighted by atomic mass is 32.2. The summed E-state index contributed by atoms with van der Waals surface area (Å²) >= 11 is 1.91. The highest BCUT2D eigenvalue weighted by Gasteiger charge is 2.16. The molecule has 0 bridgehead atoms. The van der Waals surface area contributed by atoms with Crippen LogP contribution in [0.4, 0.5) is 5.69 Å². The standard InChI is InChI=1S/C15H20N2OS/c1-2-9-16-15(18)8-5-10-17-11-12-19-14-7-4-3-6-13(14)17/h2-4,6-7H,1,5,8-12H2,(H,16,18). The van der Waals surface area contributed by atoms with E-state index in [9.17, 15) is 4.79 Å². The summed E-state index contributed by atoms with van der Waals surface area (Å²) in [6.45, 7) is 6.15. The third-order valence-corrected chi connectivity index (χ3v) is 4.14. The molecule has 1 amide bonds.